The van der Waals surface area contributed by atoms with Crippen molar-refractivity contribution in [3.8, 4) is 0 Å². The summed E-state index contributed by atoms with van der Waals surface area (Å²) in [5, 5.41) is 4.11. The minimum atomic E-state index is -4.30. The Bertz CT molecular complexity index is 1600. The van der Waals surface area contributed by atoms with E-state index in [1.54, 1.807) is 30.3 Å². The van der Waals surface area contributed by atoms with Crippen molar-refractivity contribution in [2.24, 2.45) is 0 Å². The minimum Gasteiger partial charge on any atom is -0.352 e. The molecule has 3 aromatic carbocycles. The summed E-state index contributed by atoms with van der Waals surface area (Å²) in [5.74, 6) is -0.894. The summed E-state index contributed by atoms with van der Waals surface area (Å²) in [5.41, 5.74) is 1.54. The van der Waals surface area contributed by atoms with Crippen LogP contribution in [-0.2, 0) is 26.2 Å². The number of halogens is 4. The Morgan fingerprint density at radius 3 is 2.18 bits per heavy atom. The maximum absolute atomic E-state index is 14.3. The first kappa shape index (κ1) is 34.4. The molecule has 1 aliphatic carbocycles. The smallest absolute Gasteiger partial charge is 0.264 e. The first-order valence-corrected chi connectivity index (χ1v) is 17.4. The summed E-state index contributed by atoms with van der Waals surface area (Å²) in [6, 6.07) is 14.8. The van der Waals surface area contributed by atoms with Crippen LogP contribution in [0.25, 0.3) is 0 Å². The Morgan fingerprint density at radius 2 is 1.55 bits per heavy atom. The van der Waals surface area contributed by atoms with E-state index in [4.69, 9.17) is 46.4 Å². The molecular weight excluding hydrogens is 664 g/mol. The van der Waals surface area contributed by atoms with Gasteiger partial charge in [-0.1, -0.05) is 96.4 Å². The molecule has 12 heteroatoms. The monoisotopic (exact) mass is 697 g/mol. The zero-order chi connectivity index (χ0) is 32.0. The third kappa shape index (κ3) is 8.40. The van der Waals surface area contributed by atoms with Crippen molar-refractivity contribution in [3.63, 3.8) is 0 Å². The molecule has 0 aliphatic heterocycles. The lowest BCUT2D eigenvalue weighted by Gasteiger charge is -2.34. The molecule has 1 aliphatic rings. The average molecular weight is 700 g/mol. The van der Waals surface area contributed by atoms with Gasteiger partial charge in [-0.05, 0) is 74.2 Å². The van der Waals surface area contributed by atoms with Gasteiger partial charge in [-0.25, -0.2) is 8.42 Å². The summed E-state index contributed by atoms with van der Waals surface area (Å²) in [6.07, 6.45) is 5.23. The molecule has 0 heterocycles. The van der Waals surface area contributed by atoms with E-state index in [1.807, 2.05) is 13.8 Å². The number of nitrogens with zero attached hydrogens (tertiary/aromatic N) is 2. The number of carbonyl (C=O) groups excluding carboxylic acids is 2. The Hall–Kier alpha value is -2.49. The maximum Gasteiger partial charge on any atom is 0.264 e. The van der Waals surface area contributed by atoms with Crippen LogP contribution in [0.4, 0.5) is 5.69 Å². The zero-order valence-corrected chi connectivity index (χ0v) is 28.4. The van der Waals surface area contributed by atoms with E-state index < -0.39 is 28.5 Å². The highest BCUT2D eigenvalue weighted by atomic mass is 35.5. The van der Waals surface area contributed by atoms with E-state index in [1.165, 1.54) is 35.2 Å². The van der Waals surface area contributed by atoms with Crippen molar-refractivity contribution in [1.29, 1.82) is 0 Å². The van der Waals surface area contributed by atoms with Crippen molar-refractivity contribution in [1.82, 2.24) is 10.2 Å². The molecule has 44 heavy (non-hydrogen) atoms. The predicted molar refractivity (Wildman–Crippen MR) is 178 cm³/mol. The number of carbonyl (C=O) groups is 2. The number of anilines is 1. The van der Waals surface area contributed by atoms with Gasteiger partial charge < -0.3 is 10.2 Å². The van der Waals surface area contributed by atoms with E-state index >= 15 is 0 Å². The van der Waals surface area contributed by atoms with Crippen LogP contribution in [0.1, 0.15) is 56.6 Å². The molecule has 0 saturated heterocycles. The van der Waals surface area contributed by atoms with Gasteiger partial charge in [-0.2, -0.15) is 0 Å². The summed E-state index contributed by atoms with van der Waals surface area (Å²) in [6.45, 7) is 3.02. The van der Waals surface area contributed by atoms with Gasteiger partial charge in [-0.3, -0.25) is 13.9 Å². The van der Waals surface area contributed by atoms with Crippen LogP contribution in [0.5, 0.6) is 0 Å². The van der Waals surface area contributed by atoms with Gasteiger partial charge in [0.2, 0.25) is 11.8 Å². The summed E-state index contributed by atoms with van der Waals surface area (Å²) in [7, 11) is -4.30. The molecule has 0 spiro atoms. The van der Waals surface area contributed by atoms with Crippen molar-refractivity contribution < 1.29 is 18.0 Å². The van der Waals surface area contributed by atoms with Crippen LogP contribution >= 0.6 is 46.4 Å². The van der Waals surface area contributed by atoms with Gasteiger partial charge in [0.05, 0.1) is 25.7 Å². The Balaban J connectivity index is 1.75. The fraction of sp³-hybridized carbons (Fsp3) is 0.375. The molecule has 236 valence electrons. The second-order valence-corrected chi connectivity index (χ2v) is 14.5. The van der Waals surface area contributed by atoms with E-state index in [0.29, 0.717) is 22.0 Å². The SMILES string of the molecule is CC[C@@H](C(=O)NC1CCCCC1)N(Cc1ccc(Cl)c(Cl)c1)C(=O)CN(c1cc(Cl)ccc1Cl)S(=O)(=O)c1ccc(C)cc1. The highest BCUT2D eigenvalue weighted by molar-refractivity contribution is 7.92. The second kappa shape index (κ2) is 15.2. The number of benzene rings is 3. The fourth-order valence-corrected chi connectivity index (χ4v) is 7.51. The molecule has 7 nitrogen and oxygen atoms in total. The lowest BCUT2D eigenvalue weighted by molar-refractivity contribution is -0.140. The highest BCUT2D eigenvalue weighted by Crippen LogP contribution is 2.34. The van der Waals surface area contributed by atoms with Crippen molar-refractivity contribution >= 4 is 73.9 Å². The predicted octanol–water partition coefficient (Wildman–Crippen LogP) is 8.06. The number of aryl methyl sites for hydroxylation is 1. The van der Waals surface area contributed by atoms with Gasteiger partial charge in [0.1, 0.15) is 12.6 Å². The molecule has 0 bridgehead atoms. The van der Waals surface area contributed by atoms with Gasteiger partial charge in [-0.15, -0.1) is 0 Å². The number of hydrogen-bond acceptors (Lipinski definition) is 4. The number of sulfonamides is 1. The van der Waals surface area contributed by atoms with Crippen LogP contribution in [0.3, 0.4) is 0 Å². The largest absolute Gasteiger partial charge is 0.352 e. The quantitative estimate of drug-likeness (QED) is 0.220. The van der Waals surface area contributed by atoms with Crippen LogP contribution in [0.2, 0.25) is 20.1 Å². The number of rotatable bonds is 11. The standard InChI is InChI=1S/C32H35Cl4N3O4S/c1-3-29(32(41)37-24-7-5-4-6-8-24)38(19-22-11-15-26(34)28(36)17-22)31(40)20-39(30-18-23(33)12-16-27(30)35)44(42,43)25-13-9-21(2)10-14-25/h9-18,24,29H,3-8,19-20H2,1-2H3,(H,37,41)/t29-/m0/s1. The lowest BCUT2D eigenvalue weighted by Crippen LogP contribution is -2.54. The molecule has 0 aromatic heterocycles. The third-order valence-corrected chi connectivity index (χ3v) is 10.8. The van der Waals surface area contributed by atoms with Crippen LogP contribution in [-0.4, -0.2) is 43.8 Å². The van der Waals surface area contributed by atoms with E-state index in [2.05, 4.69) is 5.32 Å². The zero-order valence-electron chi connectivity index (χ0n) is 24.5. The fourth-order valence-electron chi connectivity index (χ4n) is 5.33. The minimum absolute atomic E-state index is 0.00594. The van der Waals surface area contributed by atoms with Gasteiger partial charge in [0.25, 0.3) is 10.0 Å². The maximum atomic E-state index is 14.3. The Labute approximate surface area is 279 Å². The van der Waals surface area contributed by atoms with Crippen molar-refractivity contribution in [2.75, 3.05) is 10.8 Å². The van der Waals surface area contributed by atoms with Crippen molar-refractivity contribution in [3.05, 3.63) is 91.9 Å². The molecule has 4 rings (SSSR count). The lowest BCUT2D eigenvalue weighted by atomic mass is 9.95. The molecular formula is C32H35Cl4N3O4S. The first-order valence-electron chi connectivity index (χ1n) is 14.5. The molecule has 1 fully saturated rings. The molecule has 1 atom stereocenters. The molecule has 3 aromatic rings. The number of nitrogens with one attached hydrogen (secondary N) is 1. The molecule has 0 unspecified atom stereocenters. The van der Waals surface area contributed by atoms with Gasteiger partial charge in [0, 0.05) is 17.6 Å². The molecule has 0 radical (unpaired) electrons. The first-order chi connectivity index (χ1) is 20.9. The molecule has 1 saturated carbocycles. The van der Waals surface area contributed by atoms with Crippen LogP contribution in [0.15, 0.2) is 65.6 Å². The van der Waals surface area contributed by atoms with Gasteiger partial charge in [0.15, 0.2) is 0 Å². The molecule has 1 N–H and O–H groups in total. The Morgan fingerprint density at radius 1 is 0.886 bits per heavy atom. The Kier molecular flexibility index (Phi) is 11.9. The summed E-state index contributed by atoms with van der Waals surface area (Å²) >= 11 is 25.2. The van der Waals surface area contributed by atoms with E-state index in [-0.39, 0.29) is 39.1 Å². The second-order valence-electron chi connectivity index (χ2n) is 11.0. The third-order valence-electron chi connectivity index (χ3n) is 7.74. The highest BCUT2D eigenvalue weighted by Gasteiger charge is 2.35. The topological polar surface area (TPSA) is 86.8 Å². The number of hydrogen-bond donors (Lipinski definition) is 1. The van der Waals surface area contributed by atoms with E-state index in [0.717, 1.165) is 42.0 Å². The molecule has 2 amide bonds. The number of amides is 2. The summed E-state index contributed by atoms with van der Waals surface area (Å²) < 4.78 is 29.1. The van der Waals surface area contributed by atoms with Crippen LogP contribution < -0.4 is 9.62 Å². The average Bonchev–Trinajstić information content (AvgIpc) is 2.99. The summed E-state index contributed by atoms with van der Waals surface area (Å²) in [4.78, 5) is 29.4. The van der Waals surface area contributed by atoms with E-state index in [9.17, 15) is 18.0 Å². The van der Waals surface area contributed by atoms with Crippen LogP contribution in [0, 0.1) is 6.92 Å². The van der Waals surface area contributed by atoms with Gasteiger partial charge >= 0.3 is 0 Å². The van der Waals surface area contributed by atoms with Crippen molar-refractivity contribution in [2.45, 2.75) is 75.9 Å². The normalized spacial score (nSPS) is 14.6.